The fraction of sp³-hybridized carbons (Fsp3) is 0.250. The van der Waals surface area contributed by atoms with Crippen molar-refractivity contribution < 1.29 is 27.1 Å². The van der Waals surface area contributed by atoms with Crippen LogP contribution in [0.4, 0.5) is 0 Å². The molecule has 0 aliphatic heterocycles. The van der Waals surface area contributed by atoms with Gasteiger partial charge in [-0.05, 0) is 62.0 Å². The fourth-order valence-electron chi connectivity index (χ4n) is 2.66. The maximum absolute atomic E-state index is 6.40. The second-order valence-electron chi connectivity index (χ2n) is 6.67. The number of benzene rings is 3. The standard InChI is InChI=1S/C24H31N2O6P3/c1-4-27-33(30-22-16-10-7-11-17-22)25-35(29-6-3,32-24-20-14-9-15-21-24)26-34(28-5-2)31-23-18-12-8-13-19-23/h7-21,25H,4-6H2,1-3H3/q+2. The molecular weight excluding hydrogens is 505 g/mol. The molecule has 3 aromatic carbocycles. The largest absolute Gasteiger partial charge is 0.660 e. The first-order valence-electron chi connectivity index (χ1n) is 11.3. The van der Waals surface area contributed by atoms with Crippen molar-refractivity contribution in [2.24, 2.45) is 4.52 Å². The second kappa shape index (κ2) is 15.1. The molecule has 0 fully saturated rings. The van der Waals surface area contributed by atoms with Crippen molar-refractivity contribution in [2.75, 3.05) is 19.8 Å². The van der Waals surface area contributed by atoms with Crippen molar-refractivity contribution in [2.45, 2.75) is 20.8 Å². The zero-order valence-electron chi connectivity index (χ0n) is 20.0. The van der Waals surface area contributed by atoms with Gasteiger partial charge in [0.15, 0.2) is 11.5 Å². The molecule has 3 aromatic rings. The molecule has 35 heavy (non-hydrogen) atoms. The van der Waals surface area contributed by atoms with Crippen LogP contribution in [0.1, 0.15) is 20.8 Å². The minimum Gasteiger partial charge on any atom is -0.434 e. The van der Waals surface area contributed by atoms with Crippen LogP contribution in [-0.2, 0) is 13.6 Å². The Morgan fingerprint density at radius 2 is 1.31 bits per heavy atom. The number of hydrogen-bond donors (Lipinski definition) is 1. The molecule has 3 rings (SSSR count). The van der Waals surface area contributed by atoms with E-state index >= 15 is 0 Å². The summed E-state index contributed by atoms with van der Waals surface area (Å²) in [5, 5.41) is 0. The minimum absolute atomic E-state index is 0.332. The Balaban J connectivity index is 1.99. The first-order valence-corrected chi connectivity index (χ1v) is 15.2. The molecule has 0 radical (unpaired) electrons. The molecule has 11 heteroatoms. The Bertz CT molecular complexity index is 1020. The van der Waals surface area contributed by atoms with E-state index in [1.807, 2.05) is 112 Å². The number of nitrogens with zero attached hydrogens (tertiary/aromatic N) is 1. The van der Waals surface area contributed by atoms with Gasteiger partial charge in [0.1, 0.15) is 12.4 Å². The van der Waals surface area contributed by atoms with Gasteiger partial charge in [0.25, 0.3) is 0 Å². The van der Waals surface area contributed by atoms with Crippen molar-refractivity contribution in [3.8, 4) is 17.2 Å². The number of hydrogen-bond acceptors (Lipinski definition) is 8. The van der Waals surface area contributed by atoms with E-state index in [-0.39, 0.29) is 0 Å². The molecule has 0 aliphatic carbocycles. The molecule has 0 spiro atoms. The SMILES string of the molecule is CCOP(N[P+](N=[P+](OCC)Oc1ccccc1)(OCC)Oc1ccccc1)Oc1ccccc1. The van der Waals surface area contributed by atoms with Crippen LogP contribution in [0.2, 0.25) is 0 Å². The van der Waals surface area contributed by atoms with Gasteiger partial charge in [-0.2, -0.15) is 4.52 Å². The van der Waals surface area contributed by atoms with Gasteiger partial charge in [-0.15, -0.1) is 4.52 Å². The summed E-state index contributed by atoms with van der Waals surface area (Å²) in [6.07, 6.45) is 0. The highest BCUT2D eigenvalue weighted by atomic mass is 31.3. The predicted octanol–water partition coefficient (Wildman–Crippen LogP) is 8.32. The second-order valence-corrected chi connectivity index (χ2v) is 11.5. The summed E-state index contributed by atoms with van der Waals surface area (Å²) in [4.78, 5) is 3.32. The van der Waals surface area contributed by atoms with Gasteiger partial charge < -0.3 is 9.05 Å². The van der Waals surface area contributed by atoms with Crippen molar-refractivity contribution in [1.82, 2.24) is 4.86 Å². The van der Waals surface area contributed by atoms with Crippen LogP contribution < -0.4 is 18.4 Å². The van der Waals surface area contributed by atoms with Crippen LogP contribution in [0.15, 0.2) is 95.5 Å². The molecular formula is C24H31N2O6P3+2. The lowest BCUT2D eigenvalue weighted by molar-refractivity contribution is 0.297. The molecule has 0 bridgehead atoms. The van der Waals surface area contributed by atoms with Gasteiger partial charge in [-0.3, -0.25) is 4.52 Å². The number of rotatable bonds is 15. The molecule has 186 valence electrons. The summed E-state index contributed by atoms with van der Waals surface area (Å²) in [6.45, 7) is 6.81. The van der Waals surface area contributed by atoms with E-state index in [1.165, 1.54) is 0 Å². The Hall–Kier alpha value is -2.14. The van der Waals surface area contributed by atoms with E-state index < -0.39 is 24.7 Å². The highest BCUT2D eigenvalue weighted by molar-refractivity contribution is 7.75. The van der Waals surface area contributed by atoms with Gasteiger partial charge in [0.05, 0.1) is 13.2 Å². The molecule has 1 N–H and O–H groups in total. The lowest BCUT2D eigenvalue weighted by atomic mass is 10.3. The van der Waals surface area contributed by atoms with Crippen molar-refractivity contribution in [3.05, 3.63) is 91.0 Å². The predicted molar refractivity (Wildman–Crippen MR) is 142 cm³/mol. The van der Waals surface area contributed by atoms with E-state index in [9.17, 15) is 0 Å². The average Bonchev–Trinajstić information content (AvgIpc) is 2.86. The first kappa shape index (κ1) is 27.4. The molecule has 8 nitrogen and oxygen atoms in total. The molecule has 0 amide bonds. The summed E-state index contributed by atoms with van der Waals surface area (Å²) >= 11 is 0. The van der Waals surface area contributed by atoms with Gasteiger partial charge >= 0.3 is 24.7 Å². The minimum atomic E-state index is -3.23. The molecule has 3 unspecified atom stereocenters. The van der Waals surface area contributed by atoms with E-state index in [0.717, 1.165) is 0 Å². The molecule has 0 heterocycles. The zero-order chi connectivity index (χ0) is 24.8. The average molecular weight is 536 g/mol. The Kier molecular flexibility index (Phi) is 11.8. The molecule has 3 atom stereocenters. The van der Waals surface area contributed by atoms with Crippen LogP contribution in [0.5, 0.6) is 17.2 Å². The van der Waals surface area contributed by atoms with Gasteiger partial charge in [0, 0.05) is 0 Å². The Labute approximate surface area is 210 Å². The topological polar surface area (TPSA) is 79.8 Å². The molecule has 0 saturated carbocycles. The molecule has 0 aromatic heterocycles. The van der Waals surface area contributed by atoms with Crippen molar-refractivity contribution in [3.63, 3.8) is 0 Å². The van der Waals surface area contributed by atoms with Crippen molar-refractivity contribution >= 4 is 24.7 Å². The highest BCUT2D eigenvalue weighted by Crippen LogP contribution is 2.67. The lowest BCUT2D eigenvalue weighted by Crippen LogP contribution is -2.20. The third kappa shape index (κ3) is 9.44. The fourth-order valence-corrected chi connectivity index (χ4v) is 8.26. The number of para-hydroxylation sites is 3. The molecule has 0 saturated heterocycles. The van der Waals surface area contributed by atoms with Gasteiger partial charge in [0.2, 0.25) is 4.52 Å². The van der Waals surface area contributed by atoms with E-state index in [1.54, 1.807) is 0 Å². The quantitative estimate of drug-likeness (QED) is 0.196. The summed E-state index contributed by atoms with van der Waals surface area (Å²) < 4.78 is 41.4. The maximum Gasteiger partial charge on any atom is 0.660 e. The van der Waals surface area contributed by atoms with Crippen LogP contribution >= 0.6 is 24.7 Å². The summed E-state index contributed by atoms with van der Waals surface area (Å²) in [5.41, 5.74) is 0. The highest BCUT2D eigenvalue weighted by Gasteiger charge is 2.57. The van der Waals surface area contributed by atoms with Crippen LogP contribution in [0, 0.1) is 0 Å². The van der Waals surface area contributed by atoms with Crippen LogP contribution in [0.3, 0.4) is 0 Å². The van der Waals surface area contributed by atoms with Crippen LogP contribution in [0.25, 0.3) is 0 Å². The third-order valence-electron chi connectivity index (χ3n) is 4.02. The van der Waals surface area contributed by atoms with Gasteiger partial charge in [-0.1, -0.05) is 54.6 Å². The number of nitrogens with one attached hydrogen (secondary N) is 1. The van der Waals surface area contributed by atoms with E-state index in [0.29, 0.717) is 37.1 Å². The molecule has 0 aliphatic rings. The normalized spacial score (nSPS) is 14.1. The maximum atomic E-state index is 6.40. The van der Waals surface area contributed by atoms with E-state index in [2.05, 4.69) is 4.86 Å². The summed E-state index contributed by atoms with van der Waals surface area (Å²) in [5.74, 6) is 1.88. The zero-order valence-corrected chi connectivity index (χ0v) is 22.7. The van der Waals surface area contributed by atoms with Gasteiger partial charge in [-0.25, -0.2) is 4.52 Å². The smallest absolute Gasteiger partial charge is 0.434 e. The van der Waals surface area contributed by atoms with Crippen molar-refractivity contribution in [1.29, 1.82) is 0 Å². The van der Waals surface area contributed by atoms with Crippen LogP contribution in [-0.4, -0.2) is 19.8 Å². The Morgan fingerprint density at radius 1 is 0.743 bits per heavy atom. The summed E-state index contributed by atoms with van der Waals surface area (Å²) in [6, 6.07) is 28.2. The Morgan fingerprint density at radius 3 is 1.86 bits per heavy atom. The lowest BCUT2D eigenvalue weighted by Gasteiger charge is -2.21. The van der Waals surface area contributed by atoms with E-state index in [4.69, 9.17) is 31.7 Å². The summed E-state index contributed by atoms with van der Waals surface area (Å²) in [7, 11) is -6.68. The first-order chi connectivity index (χ1) is 17.2. The third-order valence-corrected chi connectivity index (χ3v) is 9.99. The monoisotopic (exact) mass is 536 g/mol.